The molecule has 0 spiro atoms. The lowest BCUT2D eigenvalue weighted by Gasteiger charge is -2.20. The zero-order valence-corrected chi connectivity index (χ0v) is 10.4. The van der Waals surface area contributed by atoms with E-state index in [0.717, 1.165) is 18.7 Å². The predicted octanol–water partition coefficient (Wildman–Crippen LogP) is 1.85. The number of nitrogens with zero attached hydrogens (tertiary/aromatic N) is 2. The highest BCUT2D eigenvalue weighted by Crippen LogP contribution is 2.30. The highest BCUT2D eigenvalue weighted by Gasteiger charge is 2.32. The molecule has 2 heterocycles. The van der Waals surface area contributed by atoms with Gasteiger partial charge in [-0.25, -0.2) is 9.78 Å². The minimum absolute atomic E-state index is 0.0796. The molecule has 0 bridgehead atoms. The Bertz CT molecular complexity index is 437. The Morgan fingerprint density at radius 1 is 1.71 bits per heavy atom. The van der Waals surface area contributed by atoms with Crippen molar-refractivity contribution < 1.29 is 14.6 Å². The Morgan fingerprint density at radius 2 is 2.41 bits per heavy atom. The van der Waals surface area contributed by atoms with Crippen molar-refractivity contribution in [3.05, 3.63) is 17.7 Å². The number of aryl methyl sites for hydroxylation is 1. The highest BCUT2D eigenvalue weighted by atomic mass is 16.5. The van der Waals surface area contributed by atoms with Crippen molar-refractivity contribution in [2.24, 2.45) is 0 Å². The molecule has 0 amide bonds. The summed E-state index contributed by atoms with van der Waals surface area (Å²) in [5.41, 5.74) is 0.138. The first-order valence-corrected chi connectivity index (χ1v) is 5.82. The maximum Gasteiger partial charge on any atom is 0.354 e. The molecule has 0 radical (unpaired) electrons. The Hall–Kier alpha value is -1.36. The van der Waals surface area contributed by atoms with E-state index >= 15 is 0 Å². The molecular formula is C12H18N2O3. The van der Waals surface area contributed by atoms with E-state index in [0.29, 0.717) is 6.54 Å². The van der Waals surface area contributed by atoms with Gasteiger partial charge in [0.25, 0.3) is 0 Å². The van der Waals surface area contributed by atoms with Crippen LogP contribution in [-0.4, -0.2) is 32.3 Å². The summed E-state index contributed by atoms with van der Waals surface area (Å²) in [7, 11) is 0. The largest absolute Gasteiger partial charge is 0.477 e. The van der Waals surface area contributed by atoms with E-state index in [1.54, 1.807) is 4.57 Å². The molecule has 94 valence electrons. The van der Waals surface area contributed by atoms with Gasteiger partial charge in [0.1, 0.15) is 11.5 Å². The first kappa shape index (κ1) is 12.1. The van der Waals surface area contributed by atoms with Crippen molar-refractivity contribution in [2.45, 2.75) is 51.9 Å². The topological polar surface area (TPSA) is 64.3 Å². The number of ether oxygens (including phenoxy) is 1. The van der Waals surface area contributed by atoms with Crippen LogP contribution in [0.1, 0.15) is 43.0 Å². The van der Waals surface area contributed by atoms with Crippen molar-refractivity contribution in [3.63, 3.8) is 0 Å². The van der Waals surface area contributed by atoms with Crippen molar-refractivity contribution in [2.75, 3.05) is 0 Å². The molecule has 1 saturated heterocycles. The van der Waals surface area contributed by atoms with Crippen LogP contribution >= 0.6 is 0 Å². The fourth-order valence-electron chi connectivity index (χ4n) is 2.28. The van der Waals surface area contributed by atoms with E-state index < -0.39 is 5.97 Å². The number of carboxylic acids is 1. The van der Waals surface area contributed by atoms with Crippen LogP contribution in [-0.2, 0) is 11.3 Å². The van der Waals surface area contributed by atoms with Crippen LogP contribution in [0.4, 0.5) is 0 Å². The van der Waals surface area contributed by atoms with Gasteiger partial charge in [-0.05, 0) is 33.6 Å². The van der Waals surface area contributed by atoms with Crippen LogP contribution in [0.5, 0.6) is 0 Å². The second-order valence-electron chi connectivity index (χ2n) is 5.14. The minimum atomic E-state index is -0.942. The zero-order chi connectivity index (χ0) is 12.6. The Kier molecular flexibility index (Phi) is 2.95. The van der Waals surface area contributed by atoms with Gasteiger partial charge in [-0.15, -0.1) is 0 Å². The maximum absolute atomic E-state index is 11.0. The molecule has 0 aromatic carbocycles. The second-order valence-corrected chi connectivity index (χ2v) is 5.14. The van der Waals surface area contributed by atoms with Gasteiger partial charge >= 0.3 is 5.97 Å². The summed E-state index contributed by atoms with van der Waals surface area (Å²) in [6.07, 6.45) is 3.45. The first-order chi connectivity index (χ1) is 7.89. The van der Waals surface area contributed by atoms with Crippen molar-refractivity contribution >= 4 is 5.97 Å². The number of carbonyl (C=O) groups is 1. The lowest BCUT2D eigenvalue weighted by Crippen LogP contribution is -2.24. The highest BCUT2D eigenvalue weighted by molar-refractivity contribution is 5.85. The lowest BCUT2D eigenvalue weighted by atomic mass is 10.1. The molecule has 0 saturated carbocycles. The van der Waals surface area contributed by atoms with Crippen LogP contribution in [0.25, 0.3) is 0 Å². The van der Waals surface area contributed by atoms with Crippen LogP contribution in [0.3, 0.4) is 0 Å². The van der Waals surface area contributed by atoms with Gasteiger partial charge in [0, 0.05) is 0 Å². The Labute approximate surface area is 100 Å². The molecule has 1 unspecified atom stereocenters. The Balaban J connectivity index is 2.14. The molecule has 1 atom stereocenters. The van der Waals surface area contributed by atoms with E-state index in [1.807, 2.05) is 6.92 Å². The maximum atomic E-state index is 11.0. The van der Waals surface area contributed by atoms with Crippen LogP contribution in [0.15, 0.2) is 6.20 Å². The summed E-state index contributed by atoms with van der Waals surface area (Å²) < 4.78 is 7.59. The summed E-state index contributed by atoms with van der Waals surface area (Å²) in [4.78, 5) is 15.1. The Morgan fingerprint density at radius 3 is 2.94 bits per heavy atom. The molecule has 1 aliphatic rings. The molecule has 1 aromatic rings. The van der Waals surface area contributed by atoms with Gasteiger partial charge in [-0.3, -0.25) is 0 Å². The monoisotopic (exact) mass is 238 g/mol. The van der Waals surface area contributed by atoms with Crippen molar-refractivity contribution in [1.82, 2.24) is 9.55 Å². The normalized spacial score (nSPS) is 22.9. The molecule has 2 rings (SSSR count). The number of aromatic carboxylic acids is 1. The third-order valence-electron chi connectivity index (χ3n) is 3.21. The van der Waals surface area contributed by atoms with Crippen molar-refractivity contribution in [3.8, 4) is 0 Å². The van der Waals surface area contributed by atoms with E-state index in [2.05, 4.69) is 18.8 Å². The third kappa shape index (κ3) is 2.49. The van der Waals surface area contributed by atoms with Gasteiger partial charge in [0.05, 0.1) is 24.4 Å². The number of imidazole rings is 1. The lowest BCUT2D eigenvalue weighted by molar-refractivity contribution is -0.0221. The number of aromatic nitrogens is 2. The van der Waals surface area contributed by atoms with Crippen LogP contribution in [0, 0.1) is 6.92 Å². The summed E-state index contributed by atoms with van der Waals surface area (Å²) in [6, 6.07) is 0. The average molecular weight is 238 g/mol. The summed E-state index contributed by atoms with van der Waals surface area (Å²) >= 11 is 0. The number of rotatable bonds is 3. The van der Waals surface area contributed by atoms with E-state index in [4.69, 9.17) is 9.84 Å². The third-order valence-corrected chi connectivity index (χ3v) is 3.21. The first-order valence-electron chi connectivity index (χ1n) is 5.82. The van der Waals surface area contributed by atoms with Crippen molar-refractivity contribution in [1.29, 1.82) is 0 Å². The van der Waals surface area contributed by atoms with E-state index in [9.17, 15) is 4.79 Å². The molecule has 1 aromatic heterocycles. The molecule has 5 heteroatoms. The molecule has 1 aliphatic heterocycles. The molecule has 0 aliphatic carbocycles. The van der Waals surface area contributed by atoms with Gasteiger partial charge in [-0.2, -0.15) is 0 Å². The fraction of sp³-hybridized carbons (Fsp3) is 0.667. The molecular weight excluding hydrogens is 220 g/mol. The molecule has 17 heavy (non-hydrogen) atoms. The van der Waals surface area contributed by atoms with Gasteiger partial charge in [0.2, 0.25) is 0 Å². The smallest absolute Gasteiger partial charge is 0.354 e. The van der Waals surface area contributed by atoms with Gasteiger partial charge in [-0.1, -0.05) is 0 Å². The van der Waals surface area contributed by atoms with Gasteiger partial charge in [0.15, 0.2) is 0 Å². The quantitative estimate of drug-likeness (QED) is 0.872. The van der Waals surface area contributed by atoms with E-state index in [1.165, 1.54) is 6.20 Å². The second kappa shape index (κ2) is 4.14. The standard InChI is InChI=1S/C12H18N2O3/c1-8-13-6-10(11(15)16)14(8)7-9-4-5-12(2,3)17-9/h6,9H,4-5,7H2,1-3H3,(H,15,16). The van der Waals surface area contributed by atoms with Crippen LogP contribution < -0.4 is 0 Å². The zero-order valence-electron chi connectivity index (χ0n) is 10.4. The van der Waals surface area contributed by atoms with E-state index in [-0.39, 0.29) is 17.4 Å². The summed E-state index contributed by atoms with van der Waals surface area (Å²) in [5, 5.41) is 9.05. The fourth-order valence-corrected chi connectivity index (χ4v) is 2.28. The van der Waals surface area contributed by atoms with Gasteiger partial charge < -0.3 is 14.4 Å². The van der Waals surface area contributed by atoms with Crippen LogP contribution in [0.2, 0.25) is 0 Å². The predicted molar refractivity (Wildman–Crippen MR) is 62.1 cm³/mol. The summed E-state index contributed by atoms with van der Waals surface area (Å²) in [5.74, 6) is -0.224. The molecule has 1 N–H and O–H groups in total. The number of hydrogen-bond donors (Lipinski definition) is 1. The summed E-state index contributed by atoms with van der Waals surface area (Å²) in [6.45, 7) is 6.50. The molecule has 5 nitrogen and oxygen atoms in total. The number of carboxylic acid groups (broad SMARTS) is 1. The average Bonchev–Trinajstić information content (AvgIpc) is 2.72. The number of hydrogen-bond acceptors (Lipinski definition) is 3. The SMILES string of the molecule is Cc1ncc(C(=O)O)n1CC1CCC(C)(C)O1. The molecule has 1 fully saturated rings. The minimum Gasteiger partial charge on any atom is -0.477 e.